The van der Waals surface area contributed by atoms with E-state index in [-0.39, 0.29) is 0 Å². The molecular formula is C18H16Cl3N3O2. The molecule has 0 radical (unpaired) electrons. The van der Waals surface area contributed by atoms with E-state index in [1.165, 1.54) is 17.3 Å². The Morgan fingerprint density at radius 1 is 1.12 bits per heavy atom. The van der Waals surface area contributed by atoms with Crippen molar-refractivity contribution in [3.05, 3.63) is 75.8 Å². The summed E-state index contributed by atoms with van der Waals surface area (Å²) in [5.41, 5.74) is -0.767. The van der Waals surface area contributed by atoms with Gasteiger partial charge in [-0.25, -0.2) is 9.67 Å². The van der Waals surface area contributed by atoms with Gasteiger partial charge >= 0.3 is 0 Å². The molecule has 0 saturated heterocycles. The maximum absolute atomic E-state index is 11.5. The number of halogens is 3. The third kappa shape index (κ3) is 3.81. The van der Waals surface area contributed by atoms with Gasteiger partial charge in [0.15, 0.2) is 0 Å². The van der Waals surface area contributed by atoms with Crippen LogP contribution >= 0.6 is 34.8 Å². The molecule has 0 aliphatic carbocycles. The number of hydrogen-bond donors (Lipinski definition) is 1. The van der Waals surface area contributed by atoms with Gasteiger partial charge in [-0.3, -0.25) is 0 Å². The van der Waals surface area contributed by atoms with Gasteiger partial charge in [-0.1, -0.05) is 53.9 Å². The topological polar surface area (TPSA) is 60.2 Å². The highest BCUT2D eigenvalue weighted by Gasteiger charge is 2.41. The van der Waals surface area contributed by atoms with Crippen LogP contribution < -0.4 is 4.74 Å². The molecule has 0 saturated carbocycles. The average molecular weight is 413 g/mol. The van der Waals surface area contributed by atoms with Crippen LogP contribution in [0.2, 0.25) is 15.1 Å². The predicted molar refractivity (Wildman–Crippen MR) is 102 cm³/mol. The summed E-state index contributed by atoms with van der Waals surface area (Å²) in [5.74, 6) is 0.373. The van der Waals surface area contributed by atoms with E-state index in [4.69, 9.17) is 39.5 Å². The summed E-state index contributed by atoms with van der Waals surface area (Å²) in [7, 11) is 0. The van der Waals surface area contributed by atoms with Crippen molar-refractivity contribution >= 4 is 34.8 Å². The normalized spacial score (nSPS) is 14.7. The lowest BCUT2D eigenvalue weighted by Gasteiger charge is -2.35. The number of rotatable bonds is 6. The number of aliphatic hydroxyl groups is 1. The second-order valence-corrected chi connectivity index (χ2v) is 6.99. The molecule has 0 fully saturated rings. The average Bonchev–Trinajstić information content (AvgIpc) is 3.15. The van der Waals surface area contributed by atoms with Gasteiger partial charge in [0.1, 0.15) is 24.0 Å². The molecule has 8 heteroatoms. The zero-order valence-corrected chi connectivity index (χ0v) is 16.1. The van der Waals surface area contributed by atoms with Crippen molar-refractivity contribution in [1.29, 1.82) is 0 Å². The first kappa shape index (κ1) is 19.0. The van der Waals surface area contributed by atoms with Crippen LogP contribution in [0.15, 0.2) is 55.1 Å². The van der Waals surface area contributed by atoms with Gasteiger partial charge in [-0.05, 0) is 42.3 Å². The van der Waals surface area contributed by atoms with Crippen molar-refractivity contribution in [3.8, 4) is 5.75 Å². The third-order valence-electron chi connectivity index (χ3n) is 4.10. The van der Waals surface area contributed by atoms with Gasteiger partial charge in [0.2, 0.25) is 6.23 Å². The Kier molecular flexibility index (Phi) is 5.73. The minimum absolute atomic E-state index is 0.331. The highest BCUT2D eigenvalue weighted by atomic mass is 35.5. The summed E-state index contributed by atoms with van der Waals surface area (Å²) in [6, 6.07) is 11.8. The minimum atomic E-state index is -1.40. The van der Waals surface area contributed by atoms with E-state index in [2.05, 4.69) is 10.1 Å². The molecule has 2 unspecified atom stereocenters. The summed E-state index contributed by atoms with van der Waals surface area (Å²) >= 11 is 18.2. The zero-order chi connectivity index (χ0) is 18.7. The second-order valence-electron chi connectivity index (χ2n) is 5.71. The highest BCUT2D eigenvalue weighted by Crippen LogP contribution is 2.40. The van der Waals surface area contributed by atoms with E-state index in [9.17, 15) is 5.11 Å². The summed E-state index contributed by atoms with van der Waals surface area (Å²) in [5, 5.41) is 17.0. The summed E-state index contributed by atoms with van der Waals surface area (Å²) in [6.07, 6.45) is 2.29. The molecule has 136 valence electrons. The van der Waals surface area contributed by atoms with Crippen LogP contribution in [0, 0.1) is 0 Å². The van der Waals surface area contributed by atoms with E-state index >= 15 is 0 Å². The second kappa shape index (κ2) is 7.84. The number of aromatic nitrogens is 3. The summed E-state index contributed by atoms with van der Waals surface area (Å²) in [4.78, 5) is 3.96. The zero-order valence-electron chi connectivity index (χ0n) is 13.8. The predicted octanol–water partition coefficient (Wildman–Crippen LogP) is 5.11. The van der Waals surface area contributed by atoms with Crippen molar-refractivity contribution in [3.63, 3.8) is 0 Å². The first-order valence-electron chi connectivity index (χ1n) is 7.88. The molecule has 1 aromatic heterocycles. The standard InChI is InChI=1S/C18H16Cl3N3O2/c1-2-18(25,12-3-5-13(19)6-4-12)17(24-11-22-10-23-24)26-16-8-7-14(20)9-15(16)21/h3-11,17,25H,2H2,1H3. The number of benzene rings is 2. The smallest absolute Gasteiger partial charge is 0.225 e. The maximum atomic E-state index is 11.5. The van der Waals surface area contributed by atoms with Crippen LogP contribution in [0.5, 0.6) is 5.75 Å². The van der Waals surface area contributed by atoms with Gasteiger partial charge in [-0.15, -0.1) is 0 Å². The molecule has 26 heavy (non-hydrogen) atoms. The fourth-order valence-electron chi connectivity index (χ4n) is 2.66. The quantitative estimate of drug-likeness (QED) is 0.611. The Balaban J connectivity index is 2.06. The molecule has 0 aliphatic heterocycles. The largest absolute Gasteiger partial charge is 0.464 e. The molecule has 1 N–H and O–H groups in total. The van der Waals surface area contributed by atoms with Gasteiger partial charge in [0, 0.05) is 10.0 Å². The van der Waals surface area contributed by atoms with Crippen molar-refractivity contribution < 1.29 is 9.84 Å². The monoisotopic (exact) mass is 411 g/mol. The van der Waals surface area contributed by atoms with Crippen LogP contribution in [0.4, 0.5) is 0 Å². The van der Waals surface area contributed by atoms with Gasteiger partial charge in [0.25, 0.3) is 0 Å². The first-order chi connectivity index (χ1) is 12.4. The van der Waals surface area contributed by atoms with Crippen molar-refractivity contribution in [2.75, 3.05) is 0 Å². The molecule has 1 heterocycles. The van der Waals surface area contributed by atoms with E-state index in [0.29, 0.717) is 32.8 Å². The Bertz CT molecular complexity index is 872. The molecule has 2 aromatic carbocycles. The van der Waals surface area contributed by atoms with Gasteiger partial charge in [-0.2, -0.15) is 5.10 Å². The van der Waals surface area contributed by atoms with Crippen LogP contribution in [0.25, 0.3) is 0 Å². The Morgan fingerprint density at radius 3 is 2.38 bits per heavy atom. The first-order valence-corrected chi connectivity index (χ1v) is 9.01. The SMILES string of the molecule is CCC(O)(c1ccc(Cl)cc1)C(Oc1ccc(Cl)cc1Cl)n1cncn1. The number of ether oxygens (including phenoxy) is 1. The van der Waals surface area contributed by atoms with Crippen molar-refractivity contribution in [2.45, 2.75) is 25.2 Å². The van der Waals surface area contributed by atoms with E-state index < -0.39 is 11.8 Å². The van der Waals surface area contributed by atoms with E-state index in [0.717, 1.165) is 0 Å². The van der Waals surface area contributed by atoms with E-state index in [1.807, 2.05) is 6.92 Å². The molecule has 0 aliphatic rings. The number of nitrogens with zero attached hydrogens (tertiary/aromatic N) is 3. The highest BCUT2D eigenvalue weighted by molar-refractivity contribution is 6.35. The summed E-state index contributed by atoms with van der Waals surface area (Å²) in [6.45, 7) is 1.85. The molecule has 0 amide bonds. The molecule has 0 spiro atoms. The fraction of sp³-hybridized carbons (Fsp3) is 0.222. The van der Waals surface area contributed by atoms with Crippen LogP contribution in [0.1, 0.15) is 25.1 Å². The lowest BCUT2D eigenvalue weighted by Crippen LogP contribution is -2.40. The molecule has 5 nitrogen and oxygen atoms in total. The Hall–Kier alpha value is -1.79. The Morgan fingerprint density at radius 2 is 1.81 bits per heavy atom. The van der Waals surface area contributed by atoms with Gasteiger partial charge < -0.3 is 9.84 Å². The van der Waals surface area contributed by atoms with Crippen LogP contribution in [-0.2, 0) is 5.60 Å². The summed E-state index contributed by atoms with van der Waals surface area (Å²) < 4.78 is 7.52. The Labute approximate surface area is 166 Å². The molecule has 3 aromatic rings. The molecular weight excluding hydrogens is 397 g/mol. The van der Waals surface area contributed by atoms with Crippen molar-refractivity contribution in [1.82, 2.24) is 14.8 Å². The number of hydrogen-bond acceptors (Lipinski definition) is 4. The lowest BCUT2D eigenvalue weighted by molar-refractivity contribution is -0.113. The molecule has 0 bridgehead atoms. The molecule has 3 rings (SSSR count). The van der Waals surface area contributed by atoms with Crippen LogP contribution in [0.3, 0.4) is 0 Å². The fourth-order valence-corrected chi connectivity index (χ4v) is 3.24. The van der Waals surface area contributed by atoms with Crippen LogP contribution in [-0.4, -0.2) is 19.9 Å². The van der Waals surface area contributed by atoms with Gasteiger partial charge in [0.05, 0.1) is 5.02 Å². The minimum Gasteiger partial charge on any atom is -0.464 e. The van der Waals surface area contributed by atoms with Crippen molar-refractivity contribution in [2.24, 2.45) is 0 Å². The molecule has 2 atom stereocenters. The van der Waals surface area contributed by atoms with E-state index in [1.54, 1.807) is 42.5 Å². The third-order valence-corrected chi connectivity index (χ3v) is 4.88. The maximum Gasteiger partial charge on any atom is 0.225 e. The lowest BCUT2D eigenvalue weighted by atomic mass is 9.89.